The summed E-state index contributed by atoms with van der Waals surface area (Å²) in [6, 6.07) is 4.25. The van der Waals surface area contributed by atoms with Crippen molar-refractivity contribution in [3.05, 3.63) is 50.1 Å². The molecule has 1 aromatic carbocycles. The van der Waals surface area contributed by atoms with Crippen molar-refractivity contribution >= 4 is 16.9 Å². The Kier molecular flexibility index (Phi) is 3.28. The minimum atomic E-state index is -1.12. The predicted octanol–water partition coefficient (Wildman–Crippen LogP) is 1.67. The van der Waals surface area contributed by atoms with E-state index in [2.05, 4.69) is 10.0 Å². The van der Waals surface area contributed by atoms with E-state index in [1.54, 1.807) is 0 Å². The first-order chi connectivity index (χ1) is 9.51. The SMILES string of the molecule is COc1ccc2c(c1)[n+](=O)c(C(=O)N=[N+]=[N-])c(C)n2[O-]. The van der Waals surface area contributed by atoms with Gasteiger partial charge in [0.15, 0.2) is 0 Å². The third-order valence-corrected chi connectivity index (χ3v) is 2.81. The molecule has 0 bridgehead atoms. The van der Waals surface area contributed by atoms with Crippen molar-refractivity contribution in [1.29, 1.82) is 0 Å². The van der Waals surface area contributed by atoms with Crippen LogP contribution >= 0.6 is 0 Å². The van der Waals surface area contributed by atoms with Crippen molar-refractivity contribution in [3.8, 4) is 5.75 Å². The fourth-order valence-electron chi connectivity index (χ4n) is 1.84. The van der Waals surface area contributed by atoms with Crippen LogP contribution < -0.4 is 9.16 Å². The molecule has 2 aromatic rings. The monoisotopic (exact) mass is 275 g/mol. The summed E-state index contributed by atoms with van der Waals surface area (Å²) in [6.07, 6.45) is 0. The maximum absolute atomic E-state index is 12.2. The maximum Gasteiger partial charge on any atom is 0.331 e. The van der Waals surface area contributed by atoms with Gasteiger partial charge in [-0.15, -0.1) is 0 Å². The number of benzene rings is 1. The molecule has 2 rings (SSSR count). The van der Waals surface area contributed by atoms with Crippen molar-refractivity contribution in [3.63, 3.8) is 0 Å². The largest absolute Gasteiger partial charge is 0.805 e. The summed E-state index contributed by atoms with van der Waals surface area (Å²) in [5, 5.41) is 14.9. The molecule has 0 aliphatic heterocycles. The smallest absolute Gasteiger partial charge is 0.331 e. The van der Waals surface area contributed by atoms with Crippen molar-refractivity contribution in [2.75, 3.05) is 7.11 Å². The number of carbonyl (C=O) groups excluding carboxylic acids is 1. The van der Waals surface area contributed by atoms with Crippen LogP contribution in [0.4, 0.5) is 0 Å². The van der Waals surface area contributed by atoms with E-state index in [1.165, 1.54) is 32.2 Å². The van der Waals surface area contributed by atoms with Gasteiger partial charge < -0.3 is 14.7 Å². The normalized spacial score (nSPS) is 10.1. The van der Waals surface area contributed by atoms with E-state index in [0.29, 0.717) is 10.5 Å². The van der Waals surface area contributed by atoms with Crippen LogP contribution in [0.5, 0.6) is 5.75 Å². The van der Waals surface area contributed by atoms with E-state index in [-0.39, 0.29) is 21.2 Å². The molecule has 0 aliphatic rings. The third kappa shape index (κ3) is 1.91. The molecule has 0 saturated carbocycles. The van der Waals surface area contributed by atoms with Gasteiger partial charge in [-0.05, 0) is 29.7 Å². The molecule has 1 amide bonds. The average molecular weight is 275 g/mol. The van der Waals surface area contributed by atoms with E-state index < -0.39 is 11.6 Å². The van der Waals surface area contributed by atoms with E-state index >= 15 is 0 Å². The number of hydrogen-bond donors (Lipinski definition) is 0. The minimum absolute atomic E-state index is 0.0542. The van der Waals surface area contributed by atoms with Crippen molar-refractivity contribution in [2.45, 2.75) is 6.92 Å². The van der Waals surface area contributed by atoms with Gasteiger partial charge in [0.2, 0.25) is 0 Å². The highest BCUT2D eigenvalue weighted by atomic mass is 16.5. The van der Waals surface area contributed by atoms with Gasteiger partial charge in [-0.25, -0.2) is 0 Å². The molecule has 0 atom stereocenters. The predicted molar refractivity (Wildman–Crippen MR) is 68.8 cm³/mol. The second-order valence-electron chi connectivity index (χ2n) is 3.87. The van der Waals surface area contributed by atoms with E-state index in [0.717, 1.165) is 0 Å². The highest BCUT2D eigenvalue weighted by molar-refractivity contribution is 5.93. The van der Waals surface area contributed by atoms with Crippen molar-refractivity contribution in [2.24, 2.45) is 5.11 Å². The van der Waals surface area contributed by atoms with E-state index in [4.69, 9.17) is 10.3 Å². The van der Waals surface area contributed by atoms with Crippen molar-refractivity contribution in [1.82, 2.24) is 4.73 Å². The molecule has 0 N–H and O–H groups in total. The van der Waals surface area contributed by atoms with Crippen LogP contribution in [0.15, 0.2) is 23.3 Å². The maximum atomic E-state index is 12.2. The van der Waals surface area contributed by atoms with Gasteiger partial charge in [0.1, 0.15) is 11.3 Å². The summed E-state index contributed by atoms with van der Waals surface area (Å²) in [7, 11) is 1.40. The second kappa shape index (κ2) is 4.90. The zero-order valence-electron chi connectivity index (χ0n) is 10.6. The number of methoxy groups -OCH3 is 1. The Morgan fingerprint density at radius 1 is 1.55 bits per heavy atom. The average Bonchev–Trinajstić information content (AvgIpc) is 2.45. The number of carbonyl (C=O) groups is 1. The van der Waals surface area contributed by atoms with Crippen molar-refractivity contribution < 1.29 is 14.0 Å². The summed E-state index contributed by atoms with van der Waals surface area (Å²) in [6.45, 7) is 1.30. The Labute approximate surface area is 111 Å². The van der Waals surface area contributed by atoms with Gasteiger partial charge in [-0.1, -0.05) is 0 Å². The molecule has 0 fully saturated rings. The lowest BCUT2D eigenvalue weighted by molar-refractivity contribution is -0.468. The highest BCUT2D eigenvalue weighted by Crippen LogP contribution is 2.19. The Balaban J connectivity index is 2.93. The lowest BCUT2D eigenvalue weighted by Crippen LogP contribution is -2.29. The first-order valence-electron chi connectivity index (χ1n) is 5.44. The Hall–Kier alpha value is -3.06. The lowest BCUT2D eigenvalue weighted by atomic mass is 10.2. The molecule has 102 valence electrons. The number of amides is 1. The standard InChI is InChI=1S/C11H9N5O4/c1-6-10(11(17)13-14-12)16(19)9-5-7(20-2)3-4-8(9)15(6)18/h3-5H,1-2H3. The lowest BCUT2D eigenvalue weighted by Gasteiger charge is -2.15. The summed E-state index contributed by atoms with van der Waals surface area (Å²) in [5.74, 6) is -0.762. The number of ether oxygens (including phenoxy) is 1. The van der Waals surface area contributed by atoms with Gasteiger partial charge in [-0.2, -0.15) is 0 Å². The van der Waals surface area contributed by atoms with Gasteiger partial charge in [0, 0.05) is 9.82 Å². The Morgan fingerprint density at radius 2 is 2.25 bits per heavy atom. The zero-order chi connectivity index (χ0) is 14.9. The van der Waals surface area contributed by atoms with E-state index in [1.807, 2.05) is 0 Å². The minimum Gasteiger partial charge on any atom is -0.805 e. The van der Waals surface area contributed by atoms with E-state index in [9.17, 15) is 14.9 Å². The number of aromatic nitrogens is 2. The fourth-order valence-corrected chi connectivity index (χ4v) is 1.84. The summed E-state index contributed by atoms with van der Waals surface area (Å²) < 4.78 is 5.66. The molecule has 1 heterocycles. The number of rotatable bonds is 2. The fraction of sp³-hybridized carbons (Fsp3) is 0.182. The molecular weight excluding hydrogens is 266 g/mol. The quantitative estimate of drug-likeness (QED) is 0.357. The number of hydrogen-bond acceptors (Lipinski definition) is 4. The number of azide groups is 1. The Morgan fingerprint density at radius 3 is 2.85 bits per heavy atom. The number of nitrogens with zero attached hydrogens (tertiary/aromatic N) is 5. The molecule has 0 saturated heterocycles. The first-order valence-corrected chi connectivity index (χ1v) is 5.44. The van der Waals surface area contributed by atoms with Crippen LogP contribution in [0.25, 0.3) is 21.5 Å². The second-order valence-corrected chi connectivity index (χ2v) is 3.87. The topological polar surface area (TPSA) is 126 Å². The van der Waals surface area contributed by atoms with Crippen LogP contribution in [0, 0.1) is 17.0 Å². The van der Waals surface area contributed by atoms with Gasteiger partial charge in [-0.3, -0.25) is 4.79 Å². The van der Waals surface area contributed by atoms with Gasteiger partial charge >= 0.3 is 11.6 Å². The molecule has 20 heavy (non-hydrogen) atoms. The van der Waals surface area contributed by atoms with Crippen LogP contribution in [0.2, 0.25) is 0 Å². The van der Waals surface area contributed by atoms with Crippen LogP contribution in [-0.4, -0.2) is 17.7 Å². The molecule has 9 heteroatoms. The number of fused-ring (bicyclic) bond motifs is 1. The molecule has 0 unspecified atom stereocenters. The molecule has 1 aromatic heterocycles. The molecular formula is C11H9N5O4. The zero-order valence-corrected chi connectivity index (χ0v) is 10.6. The molecule has 9 nitrogen and oxygen atoms in total. The molecule has 0 aliphatic carbocycles. The summed E-state index contributed by atoms with van der Waals surface area (Å²) in [5.41, 5.74) is 7.63. The van der Waals surface area contributed by atoms with Gasteiger partial charge in [0.25, 0.3) is 5.52 Å². The van der Waals surface area contributed by atoms with Crippen LogP contribution in [0.3, 0.4) is 0 Å². The molecule has 0 spiro atoms. The molecule has 0 radical (unpaired) electrons. The summed E-state index contributed by atoms with van der Waals surface area (Å²) >= 11 is 0. The highest BCUT2D eigenvalue weighted by Gasteiger charge is 2.26. The van der Waals surface area contributed by atoms with Crippen LogP contribution in [-0.2, 0) is 0 Å². The van der Waals surface area contributed by atoms with Crippen LogP contribution in [0.1, 0.15) is 16.2 Å². The summed E-state index contributed by atoms with van der Waals surface area (Å²) in [4.78, 5) is 26.1. The van der Waals surface area contributed by atoms with Gasteiger partial charge in [0.05, 0.1) is 23.3 Å². The third-order valence-electron chi connectivity index (χ3n) is 2.81. The Bertz CT molecular complexity index is 820. The first kappa shape index (κ1) is 13.4.